The molecular formula is C13H14N2O4. The Kier molecular flexibility index (Phi) is 3.35. The van der Waals surface area contributed by atoms with Gasteiger partial charge in [-0.25, -0.2) is 0 Å². The van der Waals surface area contributed by atoms with E-state index in [0.29, 0.717) is 5.57 Å². The molecule has 0 aliphatic carbocycles. The van der Waals surface area contributed by atoms with E-state index >= 15 is 0 Å². The fourth-order valence-electron chi connectivity index (χ4n) is 1.83. The fraction of sp³-hybridized carbons (Fsp3) is 0.308. The van der Waals surface area contributed by atoms with Crippen molar-refractivity contribution in [2.24, 2.45) is 0 Å². The van der Waals surface area contributed by atoms with Gasteiger partial charge in [0, 0.05) is 31.8 Å². The van der Waals surface area contributed by atoms with Crippen molar-refractivity contribution in [3.8, 4) is 0 Å². The molecule has 1 fully saturated rings. The lowest BCUT2D eigenvalue weighted by Gasteiger charge is -2.10. The third-order valence-corrected chi connectivity index (χ3v) is 2.95. The molecule has 100 valence electrons. The molecule has 6 nitrogen and oxygen atoms in total. The molecule has 1 amide bonds. The number of hydrogen-bond acceptors (Lipinski definition) is 4. The summed E-state index contributed by atoms with van der Waals surface area (Å²) in [5, 5.41) is 10.5. The van der Waals surface area contributed by atoms with E-state index in [1.54, 1.807) is 26.2 Å². The molecule has 1 aromatic rings. The van der Waals surface area contributed by atoms with Crippen molar-refractivity contribution in [1.82, 2.24) is 4.90 Å². The fourth-order valence-corrected chi connectivity index (χ4v) is 1.83. The van der Waals surface area contributed by atoms with Gasteiger partial charge in [-0.2, -0.15) is 0 Å². The minimum atomic E-state index is -0.455. The molecule has 0 N–H and O–H groups in total. The van der Waals surface area contributed by atoms with Gasteiger partial charge >= 0.3 is 0 Å². The molecule has 1 saturated heterocycles. The zero-order valence-electron chi connectivity index (χ0n) is 10.7. The summed E-state index contributed by atoms with van der Waals surface area (Å²) in [6, 6.07) is 6.11. The molecule has 0 saturated carbocycles. The van der Waals surface area contributed by atoms with E-state index in [-0.39, 0.29) is 23.8 Å². The van der Waals surface area contributed by atoms with Crippen molar-refractivity contribution >= 4 is 11.6 Å². The number of carbonyl (C=O) groups is 1. The summed E-state index contributed by atoms with van der Waals surface area (Å²) in [7, 11) is 3.30. The minimum absolute atomic E-state index is 0.0316. The number of rotatable bonds is 4. The molecular weight excluding hydrogens is 248 g/mol. The standard InChI is InChI=1S/C13H14N2O4/c1-8(13(16)14(2)3)11-12(19-11)9-4-6-10(7-5-9)15(17)18/h4-7,11-12H,1H2,2-3H3/t11-,12-/m0/s1. The van der Waals surface area contributed by atoms with Crippen molar-refractivity contribution in [3.05, 3.63) is 52.1 Å². The number of hydrogen-bond donors (Lipinski definition) is 0. The van der Waals surface area contributed by atoms with Crippen molar-refractivity contribution in [2.75, 3.05) is 14.1 Å². The predicted molar refractivity (Wildman–Crippen MR) is 68.5 cm³/mol. The van der Waals surface area contributed by atoms with E-state index in [2.05, 4.69) is 6.58 Å². The Bertz CT molecular complexity index is 536. The van der Waals surface area contributed by atoms with Crippen molar-refractivity contribution < 1.29 is 14.5 Å². The second-order valence-corrected chi connectivity index (χ2v) is 4.55. The van der Waals surface area contributed by atoms with Crippen molar-refractivity contribution in [3.63, 3.8) is 0 Å². The Labute approximate surface area is 110 Å². The van der Waals surface area contributed by atoms with Gasteiger partial charge in [0.05, 0.1) is 4.92 Å². The number of epoxide rings is 1. The van der Waals surface area contributed by atoms with Crippen LogP contribution in [0.2, 0.25) is 0 Å². The Balaban J connectivity index is 2.05. The van der Waals surface area contributed by atoms with E-state index in [0.717, 1.165) is 5.56 Å². The molecule has 2 rings (SSSR count). The smallest absolute Gasteiger partial charge is 0.269 e. The van der Waals surface area contributed by atoms with Crippen LogP contribution in [0.3, 0.4) is 0 Å². The van der Waals surface area contributed by atoms with Gasteiger partial charge in [0.25, 0.3) is 11.6 Å². The molecule has 2 atom stereocenters. The monoisotopic (exact) mass is 262 g/mol. The van der Waals surface area contributed by atoms with Crippen LogP contribution in [-0.4, -0.2) is 35.9 Å². The molecule has 0 bridgehead atoms. The van der Waals surface area contributed by atoms with Crippen LogP contribution < -0.4 is 0 Å². The molecule has 0 unspecified atom stereocenters. The number of nitrogens with zero attached hydrogens (tertiary/aromatic N) is 2. The number of amides is 1. The molecule has 0 spiro atoms. The van der Waals surface area contributed by atoms with Gasteiger partial charge in [-0.05, 0) is 17.7 Å². The lowest BCUT2D eigenvalue weighted by atomic mass is 10.0. The van der Waals surface area contributed by atoms with Gasteiger partial charge < -0.3 is 9.64 Å². The molecule has 0 radical (unpaired) electrons. The Morgan fingerprint density at radius 3 is 2.42 bits per heavy atom. The van der Waals surface area contributed by atoms with Gasteiger partial charge in [0.15, 0.2) is 0 Å². The van der Waals surface area contributed by atoms with Crippen LogP contribution in [0.4, 0.5) is 5.69 Å². The van der Waals surface area contributed by atoms with Gasteiger partial charge in [-0.15, -0.1) is 0 Å². The summed E-state index contributed by atoms with van der Waals surface area (Å²) >= 11 is 0. The second-order valence-electron chi connectivity index (χ2n) is 4.55. The van der Waals surface area contributed by atoms with Crippen LogP contribution in [0.25, 0.3) is 0 Å². The number of nitro groups is 1. The van der Waals surface area contributed by atoms with Crippen LogP contribution in [0, 0.1) is 10.1 Å². The first kappa shape index (κ1) is 13.2. The van der Waals surface area contributed by atoms with Crippen molar-refractivity contribution in [1.29, 1.82) is 0 Å². The summed E-state index contributed by atoms with van der Waals surface area (Å²) < 4.78 is 5.42. The van der Waals surface area contributed by atoms with E-state index in [1.165, 1.54) is 17.0 Å². The zero-order valence-corrected chi connectivity index (χ0v) is 10.7. The summed E-state index contributed by atoms with van der Waals surface area (Å²) in [5.41, 5.74) is 1.24. The Morgan fingerprint density at radius 2 is 1.95 bits per heavy atom. The third kappa shape index (κ3) is 2.63. The minimum Gasteiger partial charge on any atom is -0.359 e. The Morgan fingerprint density at radius 1 is 1.37 bits per heavy atom. The highest BCUT2D eigenvalue weighted by atomic mass is 16.6. The number of benzene rings is 1. The van der Waals surface area contributed by atoms with Gasteiger partial charge in [-0.1, -0.05) is 6.58 Å². The van der Waals surface area contributed by atoms with Crippen LogP contribution in [0.15, 0.2) is 36.4 Å². The van der Waals surface area contributed by atoms with Crippen LogP contribution in [0.5, 0.6) is 0 Å². The average Bonchev–Trinajstić information content (AvgIpc) is 3.17. The molecule has 1 aliphatic heterocycles. The highest BCUT2D eigenvalue weighted by Crippen LogP contribution is 2.43. The highest BCUT2D eigenvalue weighted by Gasteiger charge is 2.44. The number of likely N-dealkylation sites (N-methyl/N-ethyl adjacent to an activating group) is 1. The van der Waals surface area contributed by atoms with E-state index in [4.69, 9.17) is 4.74 Å². The van der Waals surface area contributed by atoms with Crippen LogP contribution >= 0.6 is 0 Å². The summed E-state index contributed by atoms with van der Waals surface area (Å²) in [5.74, 6) is -0.172. The maximum Gasteiger partial charge on any atom is 0.269 e. The van der Waals surface area contributed by atoms with E-state index in [9.17, 15) is 14.9 Å². The van der Waals surface area contributed by atoms with Crippen LogP contribution in [0.1, 0.15) is 11.7 Å². The molecule has 0 aromatic heterocycles. The first-order valence-electron chi connectivity index (χ1n) is 5.72. The van der Waals surface area contributed by atoms with Gasteiger partial charge in [0.1, 0.15) is 12.2 Å². The first-order chi connectivity index (χ1) is 8.91. The average molecular weight is 262 g/mol. The lowest BCUT2D eigenvalue weighted by Crippen LogP contribution is -2.25. The lowest BCUT2D eigenvalue weighted by molar-refractivity contribution is -0.384. The normalized spacial score (nSPS) is 20.7. The summed E-state index contributed by atoms with van der Waals surface area (Å²) in [4.78, 5) is 23.2. The number of ether oxygens (including phenoxy) is 1. The van der Waals surface area contributed by atoms with Gasteiger partial charge in [-0.3, -0.25) is 14.9 Å². The number of non-ortho nitro benzene ring substituents is 1. The zero-order chi connectivity index (χ0) is 14.2. The summed E-state index contributed by atoms with van der Waals surface area (Å²) in [6.07, 6.45) is -0.575. The molecule has 6 heteroatoms. The third-order valence-electron chi connectivity index (χ3n) is 2.95. The quantitative estimate of drug-likeness (QED) is 0.358. The molecule has 1 aliphatic rings. The van der Waals surface area contributed by atoms with E-state index in [1.807, 2.05) is 0 Å². The highest BCUT2D eigenvalue weighted by molar-refractivity contribution is 5.94. The van der Waals surface area contributed by atoms with E-state index < -0.39 is 4.92 Å². The molecule has 19 heavy (non-hydrogen) atoms. The Hall–Kier alpha value is -2.21. The summed E-state index contributed by atoms with van der Waals surface area (Å²) in [6.45, 7) is 3.73. The van der Waals surface area contributed by atoms with Crippen LogP contribution in [-0.2, 0) is 9.53 Å². The number of carbonyl (C=O) groups excluding carboxylic acids is 1. The van der Waals surface area contributed by atoms with Crippen molar-refractivity contribution in [2.45, 2.75) is 12.2 Å². The number of nitro benzene ring substituents is 1. The first-order valence-corrected chi connectivity index (χ1v) is 5.72. The molecule has 1 heterocycles. The predicted octanol–water partition coefficient (Wildman–Crippen LogP) is 1.68. The maximum atomic E-state index is 11.7. The molecule has 1 aromatic carbocycles. The van der Waals surface area contributed by atoms with Gasteiger partial charge in [0.2, 0.25) is 0 Å². The second kappa shape index (κ2) is 4.81. The SMILES string of the molecule is C=C(C(=O)N(C)C)[C@@H]1O[C@H]1c1ccc([N+](=O)[O-])cc1. The topological polar surface area (TPSA) is 76.0 Å². The largest absolute Gasteiger partial charge is 0.359 e. The maximum absolute atomic E-state index is 11.7.